The monoisotopic (exact) mass is 380 g/mol. The average molecular weight is 380 g/mol. The van der Waals surface area contributed by atoms with Crippen LogP contribution in [-0.4, -0.2) is 27.2 Å². The molecule has 0 saturated heterocycles. The summed E-state index contributed by atoms with van der Waals surface area (Å²) in [6, 6.07) is 15.2. The molecule has 7 heteroatoms. The van der Waals surface area contributed by atoms with E-state index < -0.39 is 0 Å². The highest BCUT2D eigenvalue weighted by Crippen LogP contribution is 2.12. The number of ether oxygens (including phenoxy) is 1. The second-order valence-electron chi connectivity index (χ2n) is 5.75. The topological polar surface area (TPSA) is 68.2 Å². The van der Waals surface area contributed by atoms with Gasteiger partial charge in [0, 0.05) is 30.3 Å². The van der Waals surface area contributed by atoms with Crippen LogP contribution in [0.4, 0.5) is 5.69 Å². The van der Waals surface area contributed by atoms with Gasteiger partial charge in [0.2, 0.25) is 0 Å². The number of aromatic nitrogens is 2. The van der Waals surface area contributed by atoms with Gasteiger partial charge in [0.25, 0.3) is 0 Å². The van der Waals surface area contributed by atoms with Crippen LogP contribution in [0, 0.1) is 0 Å². The summed E-state index contributed by atoms with van der Waals surface area (Å²) in [6.07, 6.45) is 5.41. The SMILES string of the molecule is CCOC(=O)c1cccc(NC(=S)NCc2ccc(-n3ccnc3)cc2)c1. The highest BCUT2D eigenvalue weighted by Gasteiger charge is 2.07. The van der Waals surface area contributed by atoms with Crippen molar-refractivity contribution >= 4 is 29.0 Å². The van der Waals surface area contributed by atoms with Crippen molar-refractivity contribution < 1.29 is 9.53 Å². The van der Waals surface area contributed by atoms with Crippen LogP contribution in [0.15, 0.2) is 67.3 Å². The number of hydrogen-bond donors (Lipinski definition) is 2. The normalized spacial score (nSPS) is 10.3. The van der Waals surface area contributed by atoms with Gasteiger partial charge in [-0.15, -0.1) is 0 Å². The van der Waals surface area contributed by atoms with Crippen LogP contribution in [0.5, 0.6) is 0 Å². The Labute approximate surface area is 163 Å². The first-order valence-corrected chi connectivity index (χ1v) is 8.96. The maximum atomic E-state index is 11.8. The Kier molecular flexibility index (Phi) is 6.17. The maximum absolute atomic E-state index is 11.8. The van der Waals surface area contributed by atoms with E-state index in [-0.39, 0.29) is 5.97 Å². The van der Waals surface area contributed by atoms with Crippen molar-refractivity contribution in [1.29, 1.82) is 0 Å². The molecule has 3 rings (SSSR count). The minimum atomic E-state index is -0.349. The number of benzene rings is 2. The minimum Gasteiger partial charge on any atom is -0.462 e. The predicted molar refractivity (Wildman–Crippen MR) is 109 cm³/mol. The lowest BCUT2D eigenvalue weighted by atomic mass is 10.2. The van der Waals surface area contributed by atoms with E-state index in [2.05, 4.69) is 15.6 Å². The predicted octanol–water partition coefficient (Wildman–Crippen LogP) is 3.54. The Balaban J connectivity index is 1.54. The molecule has 0 radical (unpaired) electrons. The van der Waals surface area contributed by atoms with Crippen LogP contribution < -0.4 is 10.6 Å². The number of imidazole rings is 1. The zero-order valence-electron chi connectivity index (χ0n) is 14.9. The number of thiocarbonyl (C=S) groups is 1. The molecule has 0 aliphatic heterocycles. The Morgan fingerprint density at radius 3 is 2.74 bits per heavy atom. The van der Waals surface area contributed by atoms with Crippen molar-refractivity contribution in [1.82, 2.24) is 14.9 Å². The third-order valence-electron chi connectivity index (χ3n) is 3.82. The molecule has 0 atom stereocenters. The van der Waals surface area contributed by atoms with Gasteiger partial charge in [-0.3, -0.25) is 0 Å². The first kappa shape index (κ1) is 18.6. The Bertz CT molecular complexity index is 908. The molecule has 27 heavy (non-hydrogen) atoms. The van der Waals surface area contributed by atoms with E-state index in [0.717, 1.165) is 16.9 Å². The molecule has 2 N–H and O–H groups in total. The molecule has 0 amide bonds. The maximum Gasteiger partial charge on any atom is 0.338 e. The second-order valence-corrected chi connectivity index (χ2v) is 6.15. The molecule has 0 fully saturated rings. The van der Waals surface area contributed by atoms with Crippen molar-refractivity contribution in [2.75, 3.05) is 11.9 Å². The molecule has 0 spiro atoms. The smallest absolute Gasteiger partial charge is 0.338 e. The van der Waals surface area contributed by atoms with E-state index in [0.29, 0.717) is 23.8 Å². The summed E-state index contributed by atoms with van der Waals surface area (Å²) < 4.78 is 6.95. The van der Waals surface area contributed by atoms with E-state index in [9.17, 15) is 4.79 Å². The van der Waals surface area contributed by atoms with Gasteiger partial charge < -0.3 is 19.9 Å². The Morgan fingerprint density at radius 2 is 2.04 bits per heavy atom. The third kappa shape index (κ3) is 5.15. The average Bonchev–Trinajstić information content (AvgIpc) is 3.22. The van der Waals surface area contributed by atoms with Gasteiger partial charge in [0.1, 0.15) is 0 Å². The van der Waals surface area contributed by atoms with Crippen LogP contribution in [0.2, 0.25) is 0 Å². The summed E-state index contributed by atoms with van der Waals surface area (Å²) in [5, 5.41) is 6.73. The fourth-order valence-corrected chi connectivity index (χ4v) is 2.68. The molecule has 6 nitrogen and oxygen atoms in total. The number of hydrogen-bond acceptors (Lipinski definition) is 4. The molecule has 1 aromatic heterocycles. The molecule has 0 aliphatic rings. The van der Waals surface area contributed by atoms with Gasteiger partial charge in [-0.2, -0.15) is 0 Å². The third-order valence-corrected chi connectivity index (χ3v) is 4.07. The molecule has 0 aliphatic carbocycles. The van der Waals surface area contributed by atoms with Crippen LogP contribution >= 0.6 is 12.2 Å². The van der Waals surface area contributed by atoms with Crippen LogP contribution in [0.25, 0.3) is 5.69 Å². The van der Waals surface area contributed by atoms with Crippen molar-refractivity contribution in [2.45, 2.75) is 13.5 Å². The molecule has 2 aromatic carbocycles. The van der Waals surface area contributed by atoms with Crippen LogP contribution in [0.1, 0.15) is 22.8 Å². The molecule has 0 unspecified atom stereocenters. The highest BCUT2D eigenvalue weighted by atomic mass is 32.1. The Morgan fingerprint density at radius 1 is 1.22 bits per heavy atom. The van der Waals surface area contributed by atoms with Crippen molar-refractivity contribution in [3.63, 3.8) is 0 Å². The summed E-state index contributed by atoms with van der Waals surface area (Å²) in [7, 11) is 0. The lowest BCUT2D eigenvalue weighted by molar-refractivity contribution is 0.0526. The first-order chi connectivity index (χ1) is 13.2. The minimum absolute atomic E-state index is 0.343. The van der Waals surface area contributed by atoms with Crippen molar-refractivity contribution in [2.24, 2.45) is 0 Å². The fourth-order valence-electron chi connectivity index (χ4n) is 2.49. The number of anilines is 1. The van der Waals surface area contributed by atoms with E-state index in [1.807, 2.05) is 41.1 Å². The fraction of sp³-hybridized carbons (Fsp3) is 0.150. The lowest BCUT2D eigenvalue weighted by Crippen LogP contribution is -2.28. The summed E-state index contributed by atoms with van der Waals surface area (Å²) in [4.78, 5) is 15.8. The number of esters is 1. The molecule has 0 saturated carbocycles. The number of nitrogens with one attached hydrogen (secondary N) is 2. The molecule has 3 aromatic rings. The van der Waals surface area contributed by atoms with E-state index in [4.69, 9.17) is 17.0 Å². The molecular formula is C20H20N4O2S. The van der Waals surface area contributed by atoms with Crippen LogP contribution in [-0.2, 0) is 11.3 Å². The summed E-state index contributed by atoms with van der Waals surface area (Å²) in [5.74, 6) is -0.349. The highest BCUT2D eigenvalue weighted by molar-refractivity contribution is 7.80. The first-order valence-electron chi connectivity index (χ1n) is 8.55. The molecule has 1 heterocycles. The van der Waals surface area contributed by atoms with Gasteiger partial charge >= 0.3 is 5.97 Å². The number of carbonyl (C=O) groups is 1. The van der Waals surface area contributed by atoms with Gasteiger partial charge in [-0.1, -0.05) is 18.2 Å². The number of rotatable bonds is 6. The van der Waals surface area contributed by atoms with Gasteiger partial charge in [0.15, 0.2) is 5.11 Å². The van der Waals surface area contributed by atoms with Gasteiger partial charge in [0.05, 0.1) is 18.5 Å². The van der Waals surface area contributed by atoms with Crippen molar-refractivity contribution in [3.05, 3.63) is 78.4 Å². The van der Waals surface area contributed by atoms with Crippen molar-refractivity contribution in [3.8, 4) is 5.69 Å². The molecule has 138 valence electrons. The zero-order valence-corrected chi connectivity index (χ0v) is 15.7. The number of nitrogens with zero attached hydrogens (tertiary/aromatic N) is 2. The van der Waals surface area contributed by atoms with E-state index in [1.54, 1.807) is 37.6 Å². The standard InChI is InChI=1S/C20H20N4O2S/c1-2-26-19(25)16-4-3-5-17(12-16)23-20(27)22-13-15-6-8-18(9-7-15)24-11-10-21-14-24/h3-12,14H,2,13H2,1H3,(H2,22,23,27). The van der Waals surface area contributed by atoms with Crippen LogP contribution in [0.3, 0.4) is 0 Å². The van der Waals surface area contributed by atoms with Gasteiger partial charge in [-0.05, 0) is 55.0 Å². The largest absolute Gasteiger partial charge is 0.462 e. The quantitative estimate of drug-likeness (QED) is 0.504. The summed E-state index contributed by atoms with van der Waals surface area (Å²) >= 11 is 5.34. The Hall–Kier alpha value is -3.19. The molecular weight excluding hydrogens is 360 g/mol. The zero-order chi connectivity index (χ0) is 19.1. The van der Waals surface area contributed by atoms with E-state index in [1.165, 1.54) is 0 Å². The second kappa shape index (κ2) is 8.95. The van der Waals surface area contributed by atoms with E-state index >= 15 is 0 Å². The van der Waals surface area contributed by atoms with Gasteiger partial charge in [-0.25, -0.2) is 9.78 Å². The summed E-state index contributed by atoms with van der Waals surface area (Å²) in [6.45, 7) is 2.71. The lowest BCUT2D eigenvalue weighted by Gasteiger charge is -2.12. The summed E-state index contributed by atoms with van der Waals surface area (Å²) in [5.41, 5.74) is 3.37. The molecule has 0 bridgehead atoms. The number of carbonyl (C=O) groups excluding carboxylic acids is 1.